The number of ether oxygens (including phenoxy) is 1. The van der Waals surface area contributed by atoms with Crippen molar-refractivity contribution in [3.8, 4) is 5.75 Å². The Labute approximate surface area is 132 Å². The highest BCUT2D eigenvalue weighted by Gasteiger charge is 2.09. The van der Waals surface area contributed by atoms with Crippen LogP contribution in [0.2, 0.25) is 0 Å². The van der Waals surface area contributed by atoms with E-state index < -0.39 is 11.6 Å². The first-order chi connectivity index (χ1) is 9.51. The minimum absolute atomic E-state index is 0.235. The summed E-state index contributed by atoms with van der Waals surface area (Å²) >= 11 is 6.52. The molecular formula is C14H11Br2F2NO. The summed E-state index contributed by atoms with van der Waals surface area (Å²) in [5.74, 6) is -0.528. The molecule has 2 aromatic rings. The Morgan fingerprint density at radius 2 is 1.85 bits per heavy atom. The predicted octanol–water partition coefficient (Wildman–Crippen LogP) is 5.11. The normalized spacial score (nSPS) is 10.4. The van der Waals surface area contributed by atoms with Crippen molar-refractivity contribution < 1.29 is 13.5 Å². The molecule has 1 N–H and O–H groups in total. The first kappa shape index (κ1) is 15.3. The molecule has 2 rings (SSSR count). The van der Waals surface area contributed by atoms with Gasteiger partial charge in [0, 0.05) is 17.1 Å². The Hall–Kier alpha value is -1.14. The van der Waals surface area contributed by atoms with Gasteiger partial charge in [-0.3, -0.25) is 0 Å². The number of methoxy groups -OCH3 is 1. The summed E-state index contributed by atoms with van der Waals surface area (Å²) in [4.78, 5) is 0. The quantitative estimate of drug-likeness (QED) is 0.761. The summed E-state index contributed by atoms with van der Waals surface area (Å²) in [6.07, 6.45) is 0. The van der Waals surface area contributed by atoms with Gasteiger partial charge in [-0.15, -0.1) is 0 Å². The van der Waals surface area contributed by atoms with Gasteiger partial charge in [-0.25, -0.2) is 8.78 Å². The third kappa shape index (κ3) is 3.49. The zero-order chi connectivity index (χ0) is 14.7. The SMILES string of the molecule is COc1ccc(CNc2c(F)cc(F)cc2Br)cc1Br. The molecule has 0 saturated carbocycles. The minimum Gasteiger partial charge on any atom is -0.496 e. The molecular weight excluding hydrogens is 396 g/mol. The van der Waals surface area contributed by atoms with Gasteiger partial charge in [-0.2, -0.15) is 0 Å². The molecule has 0 fully saturated rings. The minimum atomic E-state index is -0.635. The van der Waals surface area contributed by atoms with Gasteiger partial charge in [0.1, 0.15) is 17.4 Å². The topological polar surface area (TPSA) is 21.3 Å². The van der Waals surface area contributed by atoms with Crippen molar-refractivity contribution in [1.82, 2.24) is 0 Å². The molecule has 0 spiro atoms. The number of rotatable bonds is 4. The van der Waals surface area contributed by atoms with Gasteiger partial charge in [0.05, 0.1) is 17.3 Å². The standard InChI is InChI=1S/C14H11Br2F2NO/c1-20-13-3-2-8(4-10(13)15)7-19-14-11(16)5-9(17)6-12(14)18/h2-6,19H,7H2,1H3. The van der Waals surface area contributed by atoms with Gasteiger partial charge in [0.2, 0.25) is 0 Å². The molecule has 0 bridgehead atoms. The molecule has 0 aromatic heterocycles. The molecule has 0 amide bonds. The van der Waals surface area contributed by atoms with Crippen LogP contribution in [0.4, 0.5) is 14.5 Å². The smallest absolute Gasteiger partial charge is 0.150 e. The van der Waals surface area contributed by atoms with Crippen LogP contribution >= 0.6 is 31.9 Å². The van der Waals surface area contributed by atoms with Crippen LogP contribution in [0.25, 0.3) is 0 Å². The molecule has 0 saturated heterocycles. The number of anilines is 1. The molecule has 20 heavy (non-hydrogen) atoms. The summed E-state index contributed by atoms with van der Waals surface area (Å²) in [5, 5.41) is 2.94. The van der Waals surface area contributed by atoms with Crippen LogP contribution in [-0.4, -0.2) is 7.11 Å². The summed E-state index contributed by atoms with van der Waals surface area (Å²) in [5.41, 5.74) is 1.17. The summed E-state index contributed by atoms with van der Waals surface area (Å²) in [7, 11) is 1.59. The highest BCUT2D eigenvalue weighted by molar-refractivity contribution is 9.11. The highest BCUT2D eigenvalue weighted by atomic mass is 79.9. The zero-order valence-electron chi connectivity index (χ0n) is 10.5. The first-order valence-electron chi connectivity index (χ1n) is 5.72. The van der Waals surface area contributed by atoms with Crippen molar-refractivity contribution in [3.05, 3.63) is 56.5 Å². The monoisotopic (exact) mass is 405 g/mol. The van der Waals surface area contributed by atoms with Crippen molar-refractivity contribution in [2.24, 2.45) is 0 Å². The largest absolute Gasteiger partial charge is 0.496 e. The highest BCUT2D eigenvalue weighted by Crippen LogP contribution is 2.29. The Kier molecular flexibility index (Phi) is 4.99. The molecule has 2 nitrogen and oxygen atoms in total. The number of halogens is 4. The average molecular weight is 407 g/mol. The average Bonchev–Trinajstić information content (AvgIpc) is 2.37. The van der Waals surface area contributed by atoms with E-state index in [0.29, 0.717) is 11.0 Å². The van der Waals surface area contributed by atoms with E-state index in [-0.39, 0.29) is 5.69 Å². The summed E-state index contributed by atoms with van der Waals surface area (Å²) < 4.78 is 32.9. The molecule has 0 unspecified atom stereocenters. The molecule has 2 aromatic carbocycles. The zero-order valence-corrected chi connectivity index (χ0v) is 13.7. The van der Waals surface area contributed by atoms with Crippen LogP contribution in [0.15, 0.2) is 39.3 Å². The summed E-state index contributed by atoms with van der Waals surface area (Å²) in [6, 6.07) is 7.62. The molecule has 0 heterocycles. The molecule has 0 radical (unpaired) electrons. The second-order valence-electron chi connectivity index (χ2n) is 4.07. The van der Waals surface area contributed by atoms with E-state index in [1.807, 2.05) is 18.2 Å². The van der Waals surface area contributed by atoms with Crippen LogP contribution < -0.4 is 10.1 Å². The molecule has 0 aliphatic rings. The lowest BCUT2D eigenvalue weighted by atomic mass is 10.2. The molecule has 6 heteroatoms. The van der Waals surface area contributed by atoms with E-state index in [1.54, 1.807) is 7.11 Å². The van der Waals surface area contributed by atoms with Gasteiger partial charge in [-0.05, 0) is 55.6 Å². The van der Waals surface area contributed by atoms with Crippen molar-refractivity contribution >= 4 is 37.5 Å². The predicted molar refractivity (Wildman–Crippen MR) is 82.1 cm³/mol. The fraction of sp³-hybridized carbons (Fsp3) is 0.143. The van der Waals surface area contributed by atoms with Crippen molar-refractivity contribution in [2.75, 3.05) is 12.4 Å². The number of nitrogens with one attached hydrogen (secondary N) is 1. The third-order valence-electron chi connectivity index (χ3n) is 2.69. The van der Waals surface area contributed by atoms with E-state index in [1.165, 1.54) is 6.07 Å². The maximum atomic E-state index is 13.7. The van der Waals surface area contributed by atoms with Crippen LogP contribution in [-0.2, 0) is 6.54 Å². The van der Waals surface area contributed by atoms with Crippen molar-refractivity contribution in [1.29, 1.82) is 0 Å². The number of hydrogen-bond acceptors (Lipinski definition) is 2. The molecule has 106 valence electrons. The maximum absolute atomic E-state index is 13.7. The van der Waals surface area contributed by atoms with Gasteiger partial charge in [0.15, 0.2) is 0 Å². The van der Waals surface area contributed by atoms with Gasteiger partial charge in [0.25, 0.3) is 0 Å². The van der Waals surface area contributed by atoms with E-state index in [0.717, 1.165) is 21.9 Å². The van der Waals surface area contributed by atoms with Gasteiger partial charge >= 0.3 is 0 Å². The van der Waals surface area contributed by atoms with Crippen molar-refractivity contribution in [3.63, 3.8) is 0 Å². The van der Waals surface area contributed by atoms with Crippen LogP contribution in [0, 0.1) is 11.6 Å². The second kappa shape index (κ2) is 6.54. The fourth-order valence-corrected chi connectivity index (χ4v) is 2.86. The maximum Gasteiger partial charge on any atom is 0.150 e. The lowest BCUT2D eigenvalue weighted by Crippen LogP contribution is -2.03. The Morgan fingerprint density at radius 3 is 2.45 bits per heavy atom. The van der Waals surface area contributed by atoms with Crippen LogP contribution in [0.1, 0.15) is 5.56 Å². The van der Waals surface area contributed by atoms with Crippen LogP contribution in [0.3, 0.4) is 0 Å². The molecule has 0 atom stereocenters. The lowest BCUT2D eigenvalue weighted by molar-refractivity contribution is 0.412. The van der Waals surface area contributed by atoms with E-state index in [9.17, 15) is 8.78 Å². The second-order valence-corrected chi connectivity index (χ2v) is 5.78. The number of benzene rings is 2. The van der Waals surface area contributed by atoms with Gasteiger partial charge < -0.3 is 10.1 Å². The Morgan fingerprint density at radius 1 is 1.10 bits per heavy atom. The summed E-state index contributed by atoms with van der Waals surface area (Å²) in [6.45, 7) is 0.406. The van der Waals surface area contributed by atoms with E-state index >= 15 is 0 Å². The Balaban J connectivity index is 2.15. The third-order valence-corrected chi connectivity index (χ3v) is 3.94. The lowest BCUT2D eigenvalue weighted by Gasteiger charge is -2.11. The fourth-order valence-electron chi connectivity index (χ4n) is 1.72. The molecule has 0 aliphatic carbocycles. The van der Waals surface area contributed by atoms with Crippen molar-refractivity contribution in [2.45, 2.75) is 6.54 Å². The van der Waals surface area contributed by atoms with Crippen LogP contribution in [0.5, 0.6) is 5.75 Å². The Bertz CT molecular complexity index is 612. The number of hydrogen-bond donors (Lipinski definition) is 1. The van der Waals surface area contributed by atoms with E-state index in [4.69, 9.17) is 4.74 Å². The van der Waals surface area contributed by atoms with E-state index in [2.05, 4.69) is 37.2 Å². The van der Waals surface area contributed by atoms with Gasteiger partial charge in [-0.1, -0.05) is 6.07 Å². The first-order valence-corrected chi connectivity index (χ1v) is 7.30. The molecule has 0 aliphatic heterocycles.